The van der Waals surface area contributed by atoms with Crippen molar-refractivity contribution in [3.63, 3.8) is 0 Å². The number of rotatable bonds is 6. The van der Waals surface area contributed by atoms with Gasteiger partial charge in [-0.2, -0.15) is 0 Å². The molecule has 0 bridgehead atoms. The maximum atomic E-state index is 12.9. The zero-order valence-corrected chi connectivity index (χ0v) is 17.6. The summed E-state index contributed by atoms with van der Waals surface area (Å²) in [7, 11) is 1.55. The number of aromatic carboxylic acids is 1. The summed E-state index contributed by atoms with van der Waals surface area (Å²) in [6.45, 7) is 3.85. The molecule has 0 N–H and O–H groups in total. The van der Waals surface area contributed by atoms with E-state index < -0.39 is 5.97 Å². The summed E-state index contributed by atoms with van der Waals surface area (Å²) < 4.78 is 11.4. The van der Waals surface area contributed by atoms with Gasteiger partial charge in [-0.1, -0.05) is 42.2 Å². The van der Waals surface area contributed by atoms with Crippen molar-refractivity contribution in [2.75, 3.05) is 12.0 Å². The van der Waals surface area contributed by atoms with Crippen LogP contribution in [-0.2, 0) is 4.79 Å². The third-order valence-corrected chi connectivity index (χ3v) is 5.28. The molecule has 0 atom stereocenters. The summed E-state index contributed by atoms with van der Waals surface area (Å²) in [6, 6.07) is 11.3. The number of anilines is 1. The second-order valence-corrected chi connectivity index (χ2v) is 8.11. The first-order valence-corrected chi connectivity index (χ1v) is 9.96. The van der Waals surface area contributed by atoms with E-state index in [1.165, 1.54) is 17.0 Å². The highest BCUT2D eigenvalue weighted by molar-refractivity contribution is 8.27. The van der Waals surface area contributed by atoms with Crippen molar-refractivity contribution in [1.82, 2.24) is 0 Å². The van der Waals surface area contributed by atoms with Crippen molar-refractivity contribution < 1.29 is 24.2 Å². The molecule has 29 heavy (non-hydrogen) atoms. The number of nitrogens with zero attached hydrogens (tertiary/aromatic N) is 1. The molecule has 1 fully saturated rings. The van der Waals surface area contributed by atoms with Crippen LogP contribution in [0.15, 0.2) is 47.4 Å². The summed E-state index contributed by atoms with van der Waals surface area (Å²) >= 11 is 6.49. The smallest absolute Gasteiger partial charge is 0.270 e. The summed E-state index contributed by atoms with van der Waals surface area (Å²) in [5.74, 6) is -0.462. The molecule has 1 aliphatic heterocycles. The topological polar surface area (TPSA) is 78.9 Å². The van der Waals surface area contributed by atoms with Crippen LogP contribution >= 0.6 is 24.0 Å². The Labute approximate surface area is 178 Å². The average molecular weight is 429 g/mol. The van der Waals surface area contributed by atoms with Crippen molar-refractivity contribution in [2.24, 2.45) is 0 Å². The predicted octanol–water partition coefficient (Wildman–Crippen LogP) is 3.25. The lowest BCUT2D eigenvalue weighted by Crippen LogP contribution is -2.28. The number of benzene rings is 2. The van der Waals surface area contributed by atoms with Crippen LogP contribution in [0.3, 0.4) is 0 Å². The van der Waals surface area contributed by atoms with Crippen LogP contribution in [-0.4, -0.2) is 29.4 Å². The number of carboxylic acid groups (broad SMARTS) is 1. The molecule has 8 heteroatoms. The van der Waals surface area contributed by atoms with Crippen molar-refractivity contribution in [1.29, 1.82) is 0 Å². The van der Waals surface area contributed by atoms with Gasteiger partial charge in [0.15, 0.2) is 15.8 Å². The number of carbonyl (C=O) groups is 2. The Kier molecular flexibility index (Phi) is 6.24. The van der Waals surface area contributed by atoms with Gasteiger partial charge in [0, 0.05) is 0 Å². The van der Waals surface area contributed by atoms with Crippen LogP contribution in [0.5, 0.6) is 11.5 Å². The van der Waals surface area contributed by atoms with Gasteiger partial charge in [-0.25, -0.2) is 0 Å². The molecule has 0 saturated carbocycles. The standard InChI is InChI=1S/C21H19NO5S2/c1-12(2)27-16-8-7-13(9-17(16)26-3)10-18-19(23)22(21(28)29-18)15-6-4-5-14(11-15)20(24)25/h4-12H,1-3H3,(H,24,25)/p-1/b18-10-. The lowest BCUT2D eigenvalue weighted by atomic mass is 10.1. The number of hydrogen-bond donors (Lipinski definition) is 0. The third-order valence-electron chi connectivity index (χ3n) is 3.98. The van der Waals surface area contributed by atoms with Gasteiger partial charge in [0.25, 0.3) is 5.91 Å². The lowest BCUT2D eigenvalue weighted by molar-refractivity contribution is -0.255. The fraction of sp³-hybridized carbons (Fsp3) is 0.190. The number of carbonyl (C=O) groups excluding carboxylic acids is 2. The first-order chi connectivity index (χ1) is 13.8. The first-order valence-electron chi connectivity index (χ1n) is 8.74. The Hall–Kier alpha value is -2.84. The van der Waals surface area contributed by atoms with Gasteiger partial charge in [-0.05, 0) is 55.3 Å². The average Bonchev–Trinajstić information content (AvgIpc) is 2.95. The van der Waals surface area contributed by atoms with Crippen LogP contribution < -0.4 is 19.5 Å². The van der Waals surface area contributed by atoms with E-state index in [4.69, 9.17) is 21.7 Å². The van der Waals surface area contributed by atoms with E-state index in [1.54, 1.807) is 37.5 Å². The van der Waals surface area contributed by atoms with E-state index in [-0.39, 0.29) is 17.6 Å². The van der Waals surface area contributed by atoms with Crippen LogP contribution in [0, 0.1) is 0 Å². The highest BCUT2D eigenvalue weighted by atomic mass is 32.2. The van der Waals surface area contributed by atoms with E-state index in [1.807, 2.05) is 19.9 Å². The van der Waals surface area contributed by atoms with Crippen LogP contribution in [0.1, 0.15) is 29.8 Å². The number of carboxylic acids is 1. The molecule has 2 aromatic carbocycles. The van der Waals surface area contributed by atoms with E-state index in [0.29, 0.717) is 26.4 Å². The van der Waals surface area contributed by atoms with Gasteiger partial charge in [0.1, 0.15) is 0 Å². The molecule has 0 aliphatic carbocycles. The van der Waals surface area contributed by atoms with Crippen LogP contribution in [0.4, 0.5) is 5.69 Å². The van der Waals surface area contributed by atoms with Gasteiger partial charge < -0.3 is 19.4 Å². The van der Waals surface area contributed by atoms with Gasteiger partial charge in [0.2, 0.25) is 0 Å². The van der Waals surface area contributed by atoms with Crippen molar-refractivity contribution in [2.45, 2.75) is 20.0 Å². The molecular formula is C21H18NO5S2-. The zero-order chi connectivity index (χ0) is 21.1. The lowest BCUT2D eigenvalue weighted by Gasteiger charge is -2.16. The summed E-state index contributed by atoms with van der Waals surface area (Å²) in [6.07, 6.45) is 1.71. The first kappa shape index (κ1) is 20.9. The highest BCUT2D eigenvalue weighted by Crippen LogP contribution is 2.37. The minimum atomic E-state index is -1.32. The molecule has 1 heterocycles. The fourth-order valence-electron chi connectivity index (χ4n) is 2.74. The van der Waals surface area contributed by atoms with E-state index in [0.717, 1.165) is 17.3 Å². The second-order valence-electron chi connectivity index (χ2n) is 6.43. The molecule has 0 aromatic heterocycles. The molecule has 1 saturated heterocycles. The Balaban J connectivity index is 1.90. The quantitative estimate of drug-likeness (QED) is 0.516. The molecule has 0 radical (unpaired) electrons. The summed E-state index contributed by atoms with van der Waals surface area (Å²) in [5, 5.41) is 11.1. The second kappa shape index (κ2) is 8.67. The van der Waals surface area contributed by atoms with E-state index >= 15 is 0 Å². The number of ether oxygens (including phenoxy) is 2. The molecule has 150 valence electrons. The number of amides is 1. The van der Waals surface area contributed by atoms with Crippen molar-refractivity contribution in [3.8, 4) is 11.5 Å². The maximum Gasteiger partial charge on any atom is 0.270 e. The Morgan fingerprint density at radius 2 is 1.97 bits per heavy atom. The molecule has 3 rings (SSSR count). The third kappa shape index (κ3) is 4.60. The molecule has 1 aliphatic rings. The summed E-state index contributed by atoms with van der Waals surface area (Å²) in [4.78, 5) is 25.7. The zero-order valence-electron chi connectivity index (χ0n) is 16.0. The number of thiocarbonyl (C=S) groups is 1. The van der Waals surface area contributed by atoms with Crippen molar-refractivity contribution in [3.05, 3.63) is 58.5 Å². The van der Waals surface area contributed by atoms with Crippen LogP contribution in [0.25, 0.3) is 6.08 Å². The molecule has 6 nitrogen and oxygen atoms in total. The van der Waals surface area contributed by atoms with Gasteiger partial charge in [0.05, 0.1) is 29.8 Å². The Morgan fingerprint density at radius 3 is 2.62 bits per heavy atom. The monoisotopic (exact) mass is 428 g/mol. The molecule has 0 unspecified atom stereocenters. The minimum absolute atomic E-state index is 0.00256. The van der Waals surface area contributed by atoms with Gasteiger partial charge in [-0.3, -0.25) is 9.69 Å². The van der Waals surface area contributed by atoms with Gasteiger partial charge >= 0.3 is 0 Å². The molecule has 0 spiro atoms. The Bertz CT molecular complexity index is 1020. The predicted molar refractivity (Wildman–Crippen MR) is 115 cm³/mol. The number of methoxy groups -OCH3 is 1. The minimum Gasteiger partial charge on any atom is -0.545 e. The Morgan fingerprint density at radius 1 is 1.21 bits per heavy atom. The van der Waals surface area contributed by atoms with Crippen LogP contribution in [0.2, 0.25) is 0 Å². The fourth-order valence-corrected chi connectivity index (χ4v) is 4.04. The maximum absolute atomic E-state index is 12.9. The molecule has 2 aromatic rings. The van der Waals surface area contributed by atoms with Gasteiger partial charge in [-0.15, -0.1) is 0 Å². The summed E-state index contributed by atoms with van der Waals surface area (Å²) in [5.41, 5.74) is 1.11. The number of thioether (sulfide) groups is 1. The van der Waals surface area contributed by atoms with E-state index in [9.17, 15) is 14.7 Å². The highest BCUT2D eigenvalue weighted by Gasteiger charge is 2.33. The number of hydrogen-bond acceptors (Lipinski definition) is 7. The van der Waals surface area contributed by atoms with Crippen molar-refractivity contribution >= 4 is 51.9 Å². The molecule has 1 amide bonds. The largest absolute Gasteiger partial charge is 0.545 e. The SMILES string of the molecule is COc1cc(/C=C2\SC(=S)N(c3cccc(C(=O)[O-])c3)C2=O)ccc1OC(C)C. The normalized spacial score (nSPS) is 15.3. The molecular weight excluding hydrogens is 410 g/mol. The van der Waals surface area contributed by atoms with E-state index in [2.05, 4.69) is 0 Å².